The fraction of sp³-hybridized carbons (Fsp3) is 0.0909. The molecule has 0 aliphatic rings. The van der Waals surface area contributed by atoms with E-state index in [0.29, 0.717) is 5.69 Å². The zero-order valence-electron chi connectivity index (χ0n) is 15.6. The summed E-state index contributed by atoms with van der Waals surface area (Å²) in [5.41, 5.74) is 2.30. The molecule has 0 aromatic heterocycles. The monoisotopic (exact) mass is 393 g/mol. The predicted octanol–water partition coefficient (Wildman–Crippen LogP) is 5.26. The molecule has 0 unspecified atom stereocenters. The maximum atomic E-state index is 12.5. The number of para-hydroxylation sites is 2. The lowest BCUT2D eigenvalue weighted by Crippen LogP contribution is -2.13. The fourth-order valence-electron chi connectivity index (χ4n) is 2.61. The van der Waals surface area contributed by atoms with Crippen LogP contribution in [0.1, 0.15) is 13.3 Å². The number of hydrogen-bond donors (Lipinski definition) is 3. The molecule has 0 aliphatic carbocycles. The maximum Gasteiger partial charge on any atom is 0.261 e. The molecule has 0 fully saturated rings. The second-order valence-corrected chi connectivity index (χ2v) is 7.82. The average molecular weight is 394 g/mol. The Labute approximate surface area is 166 Å². The van der Waals surface area contributed by atoms with Gasteiger partial charge in [-0.15, -0.1) is 0 Å². The maximum absolute atomic E-state index is 12.5. The highest BCUT2D eigenvalue weighted by atomic mass is 32.2. The summed E-state index contributed by atoms with van der Waals surface area (Å²) in [6.45, 7) is 2.05. The molecule has 0 heterocycles. The van der Waals surface area contributed by atoms with Crippen molar-refractivity contribution in [2.45, 2.75) is 18.2 Å². The molecule has 0 saturated carbocycles. The Morgan fingerprint density at radius 2 is 1.25 bits per heavy atom. The number of benzene rings is 3. The van der Waals surface area contributed by atoms with Gasteiger partial charge in [0, 0.05) is 17.1 Å². The summed E-state index contributed by atoms with van der Waals surface area (Å²) in [5, 5.41) is 6.62. The summed E-state index contributed by atoms with van der Waals surface area (Å²) in [6, 6.07) is 25.3. The van der Waals surface area contributed by atoms with Gasteiger partial charge in [0.15, 0.2) is 0 Å². The third-order valence-electron chi connectivity index (χ3n) is 3.93. The second kappa shape index (κ2) is 9.10. The number of nitrogens with one attached hydrogen (secondary N) is 3. The summed E-state index contributed by atoms with van der Waals surface area (Å²) in [5.74, 6) is 0.840. The minimum atomic E-state index is -3.63. The predicted molar refractivity (Wildman–Crippen MR) is 116 cm³/mol. The lowest BCUT2D eigenvalue weighted by atomic mass is 10.3. The molecule has 0 saturated heterocycles. The van der Waals surface area contributed by atoms with Gasteiger partial charge < -0.3 is 10.6 Å². The normalized spacial score (nSPS) is 11.7. The van der Waals surface area contributed by atoms with Crippen LogP contribution in [-0.2, 0) is 10.0 Å². The van der Waals surface area contributed by atoms with Crippen LogP contribution in [0.15, 0.2) is 102 Å². The summed E-state index contributed by atoms with van der Waals surface area (Å²) in [4.78, 5) is 0.207. The molecule has 144 valence electrons. The Bertz CT molecular complexity index is 1020. The van der Waals surface area contributed by atoms with Crippen LogP contribution in [0.4, 0.5) is 17.1 Å². The standard InChI is InChI=1S/C22H23N3O2S/c1-2-9-22(23-18-10-5-3-6-11-18)24-19-14-16-21(17-15-19)28(26,27)25-20-12-7-4-8-13-20/h3-17,23-25H,2H2,1H3. The van der Waals surface area contributed by atoms with Gasteiger partial charge in [-0.2, -0.15) is 0 Å². The van der Waals surface area contributed by atoms with E-state index in [9.17, 15) is 8.42 Å². The van der Waals surface area contributed by atoms with Crippen LogP contribution >= 0.6 is 0 Å². The van der Waals surface area contributed by atoms with Gasteiger partial charge in [0.2, 0.25) is 0 Å². The summed E-state index contributed by atoms with van der Waals surface area (Å²) < 4.78 is 27.6. The molecule has 6 heteroatoms. The largest absolute Gasteiger partial charge is 0.342 e. The first-order chi connectivity index (χ1) is 13.6. The molecule has 0 aliphatic heterocycles. The lowest BCUT2D eigenvalue weighted by molar-refractivity contribution is 0.601. The lowest BCUT2D eigenvalue weighted by Gasteiger charge is -2.14. The molecule has 3 aromatic carbocycles. The zero-order chi connectivity index (χ0) is 19.8. The highest BCUT2D eigenvalue weighted by molar-refractivity contribution is 7.92. The Balaban J connectivity index is 1.71. The van der Waals surface area contributed by atoms with Gasteiger partial charge in [-0.1, -0.05) is 43.3 Å². The molecule has 0 atom stereocenters. The summed E-state index contributed by atoms with van der Waals surface area (Å²) >= 11 is 0. The van der Waals surface area contributed by atoms with Crippen LogP contribution in [0.3, 0.4) is 0 Å². The molecule has 0 spiro atoms. The minimum Gasteiger partial charge on any atom is -0.342 e. The van der Waals surface area contributed by atoms with Crippen molar-refractivity contribution >= 4 is 27.1 Å². The van der Waals surface area contributed by atoms with Crippen LogP contribution in [0.5, 0.6) is 0 Å². The molecule has 5 nitrogen and oxygen atoms in total. The number of rotatable bonds is 8. The Hall–Kier alpha value is -3.25. The van der Waals surface area contributed by atoms with Crippen molar-refractivity contribution in [2.24, 2.45) is 0 Å². The molecule has 0 amide bonds. The molecule has 3 aromatic rings. The van der Waals surface area contributed by atoms with Crippen LogP contribution in [-0.4, -0.2) is 8.42 Å². The molecule has 3 rings (SSSR count). The van der Waals surface area contributed by atoms with E-state index in [0.717, 1.165) is 23.6 Å². The quantitative estimate of drug-likeness (QED) is 0.488. The van der Waals surface area contributed by atoms with Crippen molar-refractivity contribution in [3.8, 4) is 0 Å². The van der Waals surface area contributed by atoms with Crippen LogP contribution in [0, 0.1) is 0 Å². The van der Waals surface area contributed by atoms with Crippen molar-refractivity contribution in [1.29, 1.82) is 0 Å². The average Bonchev–Trinajstić information content (AvgIpc) is 2.70. The molecular weight excluding hydrogens is 370 g/mol. The SMILES string of the molecule is CCC=C(Nc1ccccc1)Nc1ccc(S(=O)(=O)Nc2ccccc2)cc1. The number of sulfonamides is 1. The van der Waals surface area contributed by atoms with Gasteiger partial charge in [-0.25, -0.2) is 8.42 Å². The van der Waals surface area contributed by atoms with Crippen molar-refractivity contribution in [2.75, 3.05) is 15.4 Å². The number of allylic oxidation sites excluding steroid dienone is 1. The van der Waals surface area contributed by atoms with E-state index in [4.69, 9.17) is 0 Å². The van der Waals surface area contributed by atoms with Crippen LogP contribution < -0.4 is 15.4 Å². The third-order valence-corrected chi connectivity index (χ3v) is 5.33. The first-order valence-corrected chi connectivity index (χ1v) is 10.5. The first-order valence-electron chi connectivity index (χ1n) is 9.04. The first kappa shape index (κ1) is 19.5. The van der Waals surface area contributed by atoms with E-state index < -0.39 is 10.0 Å². The molecule has 28 heavy (non-hydrogen) atoms. The Morgan fingerprint density at radius 3 is 1.79 bits per heavy atom. The Kier molecular flexibility index (Phi) is 6.34. The van der Waals surface area contributed by atoms with Gasteiger partial charge in [-0.05, 0) is 61.0 Å². The van der Waals surface area contributed by atoms with E-state index >= 15 is 0 Å². The van der Waals surface area contributed by atoms with Crippen LogP contribution in [0.25, 0.3) is 0 Å². The third kappa shape index (κ3) is 5.37. The highest BCUT2D eigenvalue weighted by Crippen LogP contribution is 2.19. The van der Waals surface area contributed by atoms with E-state index in [2.05, 4.69) is 22.3 Å². The highest BCUT2D eigenvalue weighted by Gasteiger charge is 2.14. The second-order valence-electron chi connectivity index (χ2n) is 6.14. The minimum absolute atomic E-state index is 0.207. The molecule has 3 N–H and O–H groups in total. The van der Waals surface area contributed by atoms with Crippen molar-refractivity contribution in [3.63, 3.8) is 0 Å². The molecule has 0 bridgehead atoms. The smallest absolute Gasteiger partial charge is 0.261 e. The Morgan fingerprint density at radius 1 is 0.750 bits per heavy atom. The van der Waals surface area contributed by atoms with Gasteiger partial charge in [0.05, 0.1) is 4.90 Å². The van der Waals surface area contributed by atoms with Crippen molar-refractivity contribution in [3.05, 3.63) is 96.8 Å². The van der Waals surface area contributed by atoms with Gasteiger partial charge >= 0.3 is 0 Å². The van der Waals surface area contributed by atoms with E-state index in [1.807, 2.05) is 42.5 Å². The fourth-order valence-corrected chi connectivity index (χ4v) is 3.67. The van der Waals surface area contributed by atoms with Gasteiger partial charge in [0.25, 0.3) is 10.0 Å². The van der Waals surface area contributed by atoms with E-state index in [1.54, 1.807) is 48.5 Å². The summed E-state index contributed by atoms with van der Waals surface area (Å²) in [7, 11) is -3.63. The van der Waals surface area contributed by atoms with Crippen molar-refractivity contribution in [1.82, 2.24) is 0 Å². The van der Waals surface area contributed by atoms with E-state index in [1.165, 1.54) is 0 Å². The van der Waals surface area contributed by atoms with Gasteiger partial charge in [-0.3, -0.25) is 4.72 Å². The zero-order valence-corrected chi connectivity index (χ0v) is 16.4. The summed E-state index contributed by atoms with van der Waals surface area (Å²) in [6.07, 6.45) is 2.89. The molecule has 0 radical (unpaired) electrons. The van der Waals surface area contributed by atoms with Crippen LogP contribution in [0.2, 0.25) is 0 Å². The van der Waals surface area contributed by atoms with Crippen molar-refractivity contribution < 1.29 is 8.42 Å². The van der Waals surface area contributed by atoms with E-state index in [-0.39, 0.29) is 4.90 Å². The molecular formula is C22H23N3O2S. The number of anilines is 3. The van der Waals surface area contributed by atoms with Gasteiger partial charge in [0.1, 0.15) is 5.82 Å². The topological polar surface area (TPSA) is 70.2 Å². The number of hydrogen-bond acceptors (Lipinski definition) is 4.